The average molecular weight is 434 g/mol. The van der Waals surface area contributed by atoms with Gasteiger partial charge in [0.15, 0.2) is 0 Å². The van der Waals surface area contributed by atoms with Gasteiger partial charge in [0.25, 0.3) is 11.8 Å². The molecule has 0 bridgehead atoms. The number of nitriles is 1. The molecule has 33 heavy (non-hydrogen) atoms. The largest absolute Gasteiger partial charge is 0.345 e. The summed E-state index contributed by atoms with van der Waals surface area (Å²) in [5.41, 5.74) is 3.71. The first-order valence-electron chi connectivity index (χ1n) is 10.5. The molecule has 0 radical (unpaired) electrons. The van der Waals surface area contributed by atoms with Gasteiger partial charge in [-0.05, 0) is 31.0 Å². The predicted octanol–water partition coefficient (Wildman–Crippen LogP) is 4.30. The maximum absolute atomic E-state index is 13.0. The fourth-order valence-corrected chi connectivity index (χ4v) is 3.72. The molecule has 0 aliphatic carbocycles. The van der Waals surface area contributed by atoms with E-state index in [0.29, 0.717) is 22.5 Å². The number of nitrogens with zero attached hydrogens (tertiary/aromatic N) is 2. The molecule has 0 spiro atoms. The summed E-state index contributed by atoms with van der Waals surface area (Å²) >= 11 is 0. The van der Waals surface area contributed by atoms with E-state index in [1.165, 1.54) is 0 Å². The van der Waals surface area contributed by atoms with Crippen LogP contribution in [0.2, 0.25) is 0 Å². The van der Waals surface area contributed by atoms with Crippen LogP contribution in [0.5, 0.6) is 0 Å². The molecule has 1 atom stereocenters. The van der Waals surface area contributed by atoms with E-state index in [-0.39, 0.29) is 23.2 Å². The lowest BCUT2D eigenvalue weighted by atomic mass is 10.0. The van der Waals surface area contributed by atoms with Gasteiger partial charge in [0.2, 0.25) is 0 Å². The number of amidine groups is 1. The molecule has 0 unspecified atom stereocenters. The van der Waals surface area contributed by atoms with Crippen LogP contribution in [0, 0.1) is 18.3 Å². The number of fused-ring (bicyclic) bond motifs is 1. The van der Waals surface area contributed by atoms with Gasteiger partial charge in [0.1, 0.15) is 17.5 Å². The summed E-state index contributed by atoms with van der Waals surface area (Å²) in [5, 5.41) is 15.5. The number of carbonyl (C=O) groups excluding carboxylic acids is 2. The van der Waals surface area contributed by atoms with Gasteiger partial charge in [-0.3, -0.25) is 9.59 Å². The zero-order valence-electron chi connectivity index (χ0n) is 18.3. The van der Waals surface area contributed by atoms with Crippen LogP contribution in [0.25, 0.3) is 5.70 Å². The fraction of sp³-hybridized carbons (Fsp3) is 0.111. The minimum atomic E-state index is -0.520. The van der Waals surface area contributed by atoms with Crippen molar-refractivity contribution in [3.8, 4) is 6.07 Å². The topological polar surface area (TPSA) is 94.3 Å². The molecule has 162 valence electrons. The smallest absolute Gasteiger partial charge is 0.264 e. The molecule has 1 aliphatic rings. The molecule has 0 aromatic heterocycles. The summed E-state index contributed by atoms with van der Waals surface area (Å²) in [5.74, 6) is -0.511. The van der Waals surface area contributed by atoms with Crippen molar-refractivity contribution in [2.45, 2.75) is 19.9 Å². The van der Waals surface area contributed by atoms with Gasteiger partial charge >= 0.3 is 0 Å². The summed E-state index contributed by atoms with van der Waals surface area (Å²) in [6.07, 6.45) is 0. The first-order chi connectivity index (χ1) is 16.0. The van der Waals surface area contributed by atoms with E-state index in [1.807, 2.05) is 68.4 Å². The highest BCUT2D eigenvalue weighted by molar-refractivity contribution is 6.20. The van der Waals surface area contributed by atoms with Gasteiger partial charge in [-0.15, -0.1) is 0 Å². The van der Waals surface area contributed by atoms with E-state index in [1.54, 1.807) is 30.3 Å². The Kier molecular flexibility index (Phi) is 6.14. The van der Waals surface area contributed by atoms with Gasteiger partial charge < -0.3 is 10.6 Å². The molecule has 0 saturated heterocycles. The minimum Gasteiger partial charge on any atom is -0.345 e. The number of aliphatic imine (C=N–C) groups is 1. The van der Waals surface area contributed by atoms with Crippen molar-refractivity contribution in [1.29, 1.82) is 5.26 Å². The van der Waals surface area contributed by atoms with Gasteiger partial charge in [-0.1, -0.05) is 72.8 Å². The Morgan fingerprint density at radius 2 is 1.55 bits per heavy atom. The molecule has 1 heterocycles. The van der Waals surface area contributed by atoms with Gasteiger partial charge in [0, 0.05) is 16.7 Å². The Bertz CT molecular complexity index is 1330. The van der Waals surface area contributed by atoms with E-state index >= 15 is 0 Å². The number of hydrogen-bond donors (Lipinski definition) is 2. The van der Waals surface area contributed by atoms with Crippen molar-refractivity contribution < 1.29 is 9.59 Å². The molecular formula is C27H22N4O2. The van der Waals surface area contributed by atoms with Crippen molar-refractivity contribution in [3.63, 3.8) is 0 Å². The highest BCUT2D eigenvalue weighted by Gasteiger charge is 2.28. The van der Waals surface area contributed by atoms with Crippen LogP contribution in [-0.4, -0.2) is 17.6 Å². The lowest BCUT2D eigenvalue weighted by Gasteiger charge is -2.14. The number of hydrogen-bond acceptors (Lipinski definition) is 4. The van der Waals surface area contributed by atoms with Crippen LogP contribution in [0.15, 0.2) is 89.4 Å². The second-order valence-electron chi connectivity index (χ2n) is 7.72. The molecule has 4 rings (SSSR count). The van der Waals surface area contributed by atoms with Crippen molar-refractivity contribution in [1.82, 2.24) is 10.6 Å². The molecule has 6 heteroatoms. The highest BCUT2D eigenvalue weighted by atomic mass is 16.2. The number of benzene rings is 3. The molecule has 6 nitrogen and oxygen atoms in total. The van der Waals surface area contributed by atoms with Crippen molar-refractivity contribution >= 4 is 23.3 Å². The van der Waals surface area contributed by atoms with E-state index in [4.69, 9.17) is 0 Å². The van der Waals surface area contributed by atoms with Crippen LogP contribution < -0.4 is 10.6 Å². The van der Waals surface area contributed by atoms with Crippen LogP contribution in [0.4, 0.5) is 0 Å². The summed E-state index contributed by atoms with van der Waals surface area (Å²) < 4.78 is 0. The van der Waals surface area contributed by atoms with Crippen molar-refractivity contribution in [3.05, 3.63) is 112 Å². The first kappa shape index (κ1) is 21.7. The summed E-state index contributed by atoms with van der Waals surface area (Å²) in [4.78, 5) is 30.4. The molecule has 2 amide bonds. The Morgan fingerprint density at radius 3 is 2.24 bits per heavy atom. The number of aryl methyl sites for hydroxylation is 1. The molecule has 2 N–H and O–H groups in total. The molecule has 0 fully saturated rings. The van der Waals surface area contributed by atoms with E-state index < -0.39 is 5.91 Å². The Balaban J connectivity index is 1.67. The van der Waals surface area contributed by atoms with Crippen LogP contribution >= 0.6 is 0 Å². The van der Waals surface area contributed by atoms with Gasteiger partial charge in [0.05, 0.1) is 11.7 Å². The fourth-order valence-electron chi connectivity index (χ4n) is 3.72. The standard InChI is InChI=1S/C27H22N4O2/c1-17-10-6-7-13-20(17)26(32)31-25-22-15-9-8-14-21(22)24(30-25)23(16-28)27(33)29-18(2)19-11-4-3-5-12-19/h3-15,18H,1-2H3,(H,29,33)(H,30,31,32)/b24-23+/t18-/m1/s1. The maximum atomic E-state index is 13.0. The zero-order chi connectivity index (χ0) is 23.4. The number of carbonyl (C=O) groups is 2. The Labute approximate surface area is 192 Å². The maximum Gasteiger partial charge on any atom is 0.264 e. The molecule has 3 aromatic rings. The van der Waals surface area contributed by atoms with Gasteiger partial charge in [-0.25, -0.2) is 4.99 Å². The van der Waals surface area contributed by atoms with Crippen LogP contribution in [0.1, 0.15) is 45.6 Å². The third-order valence-corrected chi connectivity index (χ3v) is 5.51. The summed E-state index contributed by atoms with van der Waals surface area (Å²) in [6.45, 7) is 3.71. The van der Waals surface area contributed by atoms with Crippen molar-refractivity contribution in [2.75, 3.05) is 0 Å². The summed E-state index contributed by atoms with van der Waals surface area (Å²) in [6, 6.07) is 25.7. The zero-order valence-corrected chi connectivity index (χ0v) is 18.3. The van der Waals surface area contributed by atoms with E-state index in [9.17, 15) is 14.9 Å². The minimum absolute atomic E-state index is 0.106. The second-order valence-corrected chi connectivity index (χ2v) is 7.72. The van der Waals surface area contributed by atoms with Crippen LogP contribution in [-0.2, 0) is 4.79 Å². The predicted molar refractivity (Wildman–Crippen MR) is 127 cm³/mol. The SMILES string of the molecule is Cc1ccccc1C(=O)NC1=N/C(=C(\C#N)C(=O)N[C@H](C)c2ccccc2)c2ccccc21. The van der Waals surface area contributed by atoms with Crippen LogP contribution in [0.3, 0.4) is 0 Å². The van der Waals surface area contributed by atoms with E-state index in [0.717, 1.165) is 11.1 Å². The first-order valence-corrected chi connectivity index (χ1v) is 10.5. The quantitative estimate of drug-likeness (QED) is 0.474. The third kappa shape index (κ3) is 4.43. The Hall–Kier alpha value is -4.50. The number of rotatable bonds is 4. The number of nitrogens with one attached hydrogen (secondary N) is 2. The normalized spacial score (nSPS) is 14.4. The molecular weight excluding hydrogens is 412 g/mol. The van der Waals surface area contributed by atoms with E-state index in [2.05, 4.69) is 15.6 Å². The summed E-state index contributed by atoms with van der Waals surface area (Å²) in [7, 11) is 0. The van der Waals surface area contributed by atoms with Crippen molar-refractivity contribution in [2.24, 2.45) is 4.99 Å². The second kappa shape index (κ2) is 9.33. The third-order valence-electron chi connectivity index (χ3n) is 5.51. The lowest BCUT2D eigenvalue weighted by Crippen LogP contribution is -2.30. The molecule has 1 aliphatic heterocycles. The average Bonchev–Trinajstić information content (AvgIpc) is 3.18. The monoisotopic (exact) mass is 434 g/mol. The Morgan fingerprint density at radius 1 is 0.909 bits per heavy atom. The number of amides is 2. The van der Waals surface area contributed by atoms with Gasteiger partial charge in [-0.2, -0.15) is 5.26 Å². The lowest BCUT2D eigenvalue weighted by molar-refractivity contribution is -0.117. The molecule has 3 aromatic carbocycles. The highest BCUT2D eigenvalue weighted by Crippen LogP contribution is 2.31. The molecule has 0 saturated carbocycles.